The molecule has 0 unspecified atom stereocenters. The number of amides is 1. The molecule has 0 atom stereocenters. The molecule has 0 radical (unpaired) electrons. The maximum absolute atomic E-state index is 13.6. The topological polar surface area (TPSA) is 54.9 Å². The second-order valence-electron chi connectivity index (χ2n) is 4.18. The van der Waals surface area contributed by atoms with Crippen LogP contribution in [0.1, 0.15) is 5.69 Å². The molecule has 122 valence electrons. The maximum atomic E-state index is 13.6. The van der Waals surface area contributed by atoms with Crippen LogP contribution >= 0.6 is 27.7 Å². The molecule has 1 aromatic carbocycles. The van der Waals surface area contributed by atoms with E-state index >= 15 is 0 Å². The zero-order valence-corrected chi connectivity index (χ0v) is 13.6. The molecule has 10 heteroatoms. The highest BCUT2D eigenvalue weighted by Gasteiger charge is 2.32. The molecule has 23 heavy (non-hydrogen) atoms. The summed E-state index contributed by atoms with van der Waals surface area (Å²) in [4.78, 5) is 18.7. The predicted octanol–water partition coefficient (Wildman–Crippen LogP) is 4.13. The van der Waals surface area contributed by atoms with Crippen molar-refractivity contribution in [3.63, 3.8) is 0 Å². The predicted molar refractivity (Wildman–Crippen MR) is 80.5 cm³/mol. The molecular weight excluding hydrogens is 402 g/mol. The molecule has 1 aromatic heterocycles. The lowest BCUT2D eigenvalue weighted by molar-refractivity contribution is -0.141. The molecule has 2 aromatic rings. The van der Waals surface area contributed by atoms with Gasteiger partial charge in [-0.1, -0.05) is 27.7 Å². The molecule has 0 aliphatic carbocycles. The van der Waals surface area contributed by atoms with Gasteiger partial charge in [-0.05, 0) is 24.3 Å². The van der Waals surface area contributed by atoms with Crippen LogP contribution in [0.15, 0.2) is 40.1 Å². The molecule has 1 heterocycles. The Hall–Kier alpha value is -1.68. The molecule has 0 aliphatic rings. The van der Waals surface area contributed by atoms with Crippen molar-refractivity contribution < 1.29 is 22.4 Å². The number of rotatable bonds is 4. The van der Waals surface area contributed by atoms with E-state index in [4.69, 9.17) is 0 Å². The summed E-state index contributed by atoms with van der Waals surface area (Å²) in [6.45, 7) is 0. The Morgan fingerprint density at radius 1 is 1.30 bits per heavy atom. The monoisotopic (exact) mass is 409 g/mol. The van der Waals surface area contributed by atoms with Crippen LogP contribution in [0.25, 0.3) is 0 Å². The van der Waals surface area contributed by atoms with Gasteiger partial charge in [0.1, 0.15) is 11.5 Å². The van der Waals surface area contributed by atoms with Crippen molar-refractivity contribution >= 4 is 39.3 Å². The van der Waals surface area contributed by atoms with Gasteiger partial charge in [0.05, 0.1) is 11.4 Å². The summed E-state index contributed by atoms with van der Waals surface area (Å²) in [5.41, 5.74) is -1.11. The largest absolute Gasteiger partial charge is 0.433 e. The van der Waals surface area contributed by atoms with Gasteiger partial charge in [-0.2, -0.15) is 13.2 Å². The highest BCUT2D eigenvalue weighted by atomic mass is 79.9. The maximum Gasteiger partial charge on any atom is 0.433 e. The number of hydrogen-bond acceptors (Lipinski definition) is 4. The minimum Gasteiger partial charge on any atom is -0.323 e. The van der Waals surface area contributed by atoms with Crippen LogP contribution in [0.2, 0.25) is 0 Å². The molecule has 4 nitrogen and oxygen atoms in total. The summed E-state index contributed by atoms with van der Waals surface area (Å²) >= 11 is 3.80. The van der Waals surface area contributed by atoms with Gasteiger partial charge in [-0.15, -0.1) is 0 Å². The highest BCUT2D eigenvalue weighted by molar-refractivity contribution is 9.10. The van der Waals surface area contributed by atoms with E-state index in [1.54, 1.807) is 6.07 Å². The first kappa shape index (κ1) is 17.7. The van der Waals surface area contributed by atoms with Gasteiger partial charge < -0.3 is 5.32 Å². The first-order valence-electron chi connectivity index (χ1n) is 6.03. The summed E-state index contributed by atoms with van der Waals surface area (Å²) in [7, 11) is 0. The van der Waals surface area contributed by atoms with Crippen molar-refractivity contribution in [3.05, 3.63) is 46.4 Å². The van der Waals surface area contributed by atoms with Gasteiger partial charge in [0.25, 0.3) is 0 Å². The number of aromatic nitrogens is 2. The molecular formula is C13H8BrF4N3OS. The van der Waals surface area contributed by atoms with Crippen LogP contribution in [0.4, 0.5) is 23.2 Å². The van der Waals surface area contributed by atoms with Crippen LogP contribution in [-0.2, 0) is 11.0 Å². The molecule has 1 N–H and O–H groups in total. The second kappa shape index (κ2) is 7.26. The number of nitrogens with one attached hydrogen (secondary N) is 1. The smallest absolute Gasteiger partial charge is 0.323 e. The van der Waals surface area contributed by atoms with Gasteiger partial charge in [0.2, 0.25) is 5.91 Å². The average Bonchev–Trinajstić information content (AvgIpc) is 2.47. The normalized spacial score (nSPS) is 11.3. The van der Waals surface area contributed by atoms with E-state index in [-0.39, 0.29) is 16.6 Å². The van der Waals surface area contributed by atoms with Crippen molar-refractivity contribution in [2.75, 3.05) is 11.1 Å². The molecule has 0 saturated heterocycles. The van der Waals surface area contributed by atoms with Gasteiger partial charge >= 0.3 is 6.18 Å². The SMILES string of the molecule is O=C(CSc1nccc(C(F)(F)F)n1)Nc1ccc(Br)cc1F. The summed E-state index contributed by atoms with van der Waals surface area (Å²) in [5.74, 6) is -1.47. The number of benzene rings is 1. The van der Waals surface area contributed by atoms with E-state index in [9.17, 15) is 22.4 Å². The third kappa shape index (κ3) is 5.17. The van der Waals surface area contributed by atoms with Crippen molar-refractivity contribution in [1.29, 1.82) is 0 Å². The lowest BCUT2D eigenvalue weighted by Crippen LogP contribution is -2.15. The zero-order valence-electron chi connectivity index (χ0n) is 11.2. The van der Waals surface area contributed by atoms with E-state index in [1.807, 2.05) is 0 Å². The Bertz CT molecular complexity index is 727. The lowest BCUT2D eigenvalue weighted by atomic mass is 10.3. The molecule has 0 aliphatic heterocycles. The van der Waals surface area contributed by atoms with Gasteiger partial charge in [0.15, 0.2) is 5.16 Å². The van der Waals surface area contributed by atoms with Crippen molar-refractivity contribution in [2.24, 2.45) is 0 Å². The average molecular weight is 410 g/mol. The van der Waals surface area contributed by atoms with Gasteiger partial charge in [0, 0.05) is 10.7 Å². The Labute approximate surface area is 140 Å². The number of nitrogens with zero attached hydrogens (tertiary/aromatic N) is 2. The number of alkyl halides is 3. The second-order valence-corrected chi connectivity index (χ2v) is 6.04. The third-order valence-corrected chi connectivity index (χ3v) is 3.82. The minimum atomic E-state index is -4.58. The van der Waals surface area contributed by atoms with Crippen molar-refractivity contribution in [3.8, 4) is 0 Å². The first-order valence-corrected chi connectivity index (χ1v) is 7.81. The Balaban J connectivity index is 1.97. The molecule has 0 spiro atoms. The van der Waals surface area contributed by atoms with Crippen LogP contribution in [0, 0.1) is 5.82 Å². The van der Waals surface area contributed by atoms with Crippen LogP contribution in [0.5, 0.6) is 0 Å². The minimum absolute atomic E-state index is 0.0243. The van der Waals surface area contributed by atoms with Gasteiger partial charge in [-0.25, -0.2) is 14.4 Å². The fraction of sp³-hybridized carbons (Fsp3) is 0.154. The number of thioether (sulfide) groups is 1. The Morgan fingerprint density at radius 3 is 2.70 bits per heavy atom. The number of carbonyl (C=O) groups excluding carboxylic acids is 1. The quantitative estimate of drug-likeness (QED) is 0.468. The number of carbonyl (C=O) groups is 1. The fourth-order valence-corrected chi connectivity index (χ4v) is 2.44. The van der Waals surface area contributed by atoms with Crippen LogP contribution in [0.3, 0.4) is 0 Å². The first-order chi connectivity index (χ1) is 10.8. The van der Waals surface area contributed by atoms with Crippen molar-refractivity contribution in [1.82, 2.24) is 9.97 Å². The van der Waals surface area contributed by atoms with E-state index in [2.05, 4.69) is 31.2 Å². The number of anilines is 1. The summed E-state index contributed by atoms with van der Waals surface area (Å²) < 4.78 is 51.6. The summed E-state index contributed by atoms with van der Waals surface area (Å²) in [6.07, 6.45) is -3.62. The summed E-state index contributed by atoms with van der Waals surface area (Å²) in [6, 6.07) is 4.82. The molecule has 2 rings (SSSR count). The van der Waals surface area contributed by atoms with Crippen LogP contribution in [-0.4, -0.2) is 21.6 Å². The Morgan fingerprint density at radius 2 is 2.04 bits per heavy atom. The molecule has 0 bridgehead atoms. The standard InChI is InChI=1S/C13H8BrF4N3OS/c14-7-1-2-9(8(15)5-7)20-11(22)6-23-12-19-4-3-10(21-12)13(16,17)18/h1-5H,6H2,(H,20,22). The molecule has 1 amide bonds. The molecule has 0 fully saturated rings. The van der Waals surface area contributed by atoms with E-state index in [0.29, 0.717) is 4.47 Å². The lowest BCUT2D eigenvalue weighted by Gasteiger charge is -2.08. The summed E-state index contributed by atoms with van der Waals surface area (Å²) in [5, 5.41) is 2.13. The van der Waals surface area contributed by atoms with Crippen molar-refractivity contribution in [2.45, 2.75) is 11.3 Å². The zero-order chi connectivity index (χ0) is 17.0. The van der Waals surface area contributed by atoms with E-state index in [1.165, 1.54) is 12.1 Å². The van der Waals surface area contributed by atoms with Gasteiger partial charge in [-0.3, -0.25) is 4.79 Å². The van der Waals surface area contributed by atoms with E-state index < -0.39 is 23.6 Å². The van der Waals surface area contributed by atoms with E-state index in [0.717, 1.165) is 24.0 Å². The third-order valence-electron chi connectivity index (χ3n) is 2.46. The van der Waals surface area contributed by atoms with Crippen LogP contribution < -0.4 is 5.32 Å². The fourth-order valence-electron chi connectivity index (χ4n) is 1.48. The number of halogens is 5. The highest BCUT2D eigenvalue weighted by Crippen LogP contribution is 2.28. The Kier molecular flexibility index (Phi) is 5.58. The number of hydrogen-bond donors (Lipinski definition) is 1. The molecule has 0 saturated carbocycles.